The van der Waals surface area contributed by atoms with Gasteiger partial charge in [-0.3, -0.25) is 4.90 Å². The molecule has 2 N–H and O–H groups in total. The largest absolute Gasteiger partial charge is 0.496 e. The highest BCUT2D eigenvalue weighted by atomic mass is 16.5. The molecule has 1 aromatic rings. The molecule has 1 saturated heterocycles. The lowest BCUT2D eigenvalue weighted by Crippen LogP contribution is -2.42. The van der Waals surface area contributed by atoms with Crippen molar-refractivity contribution in [2.75, 3.05) is 26.7 Å². The first-order valence-corrected chi connectivity index (χ1v) is 7.26. The van der Waals surface area contributed by atoms with Gasteiger partial charge in [0.1, 0.15) is 5.75 Å². The van der Waals surface area contributed by atoms with Crippen molar-refractivity contribution in [3.05, 3.63) is 29.3 Å². The van der Waals surface area contributed by atoms with E-state index in [-0.39, 0.29) is 0 Å². The number of rotatable bonds is 5. The number of nitrogens with two attached hydrogens (primary N) is 1. The molecule has 0 amide bonds. The third kappa shape index (κ3) is 3.10. The maximum Gasteiger partial charge on any atom is 0.122 e. The van der Waals surface area contributed by atoms with Crippen LogP contribution in [-0.4, -0.2) is 37.7 Å². The van der Waals surface area contributed by atoms with Gasteiger partial charge in [0.25, 0.3) is 0 Å². The lowest BCUT2D eigenvalue weighted by molar-refractivity contribution is 0.219. The van der Waals surface area contributed by atoms with Crippen molar-refractivity contribution in [3.8, 4) is 5.75 Å². The topological polar surface area (TPSA) is 38.5 Å². The highest BCUT2D eigenvalue weighted by molar-refractivity contribution is 5.40. The molecule has 0 aromatic heterocycles. The first-order chi connectivity index (χ1) is 9.17. The Kier molecular flexibility index (Phi) is 4.83. The summed E-state index contributed by atoms with van der Waals surface area (Å²) >= 11 is 0. The van der Waals surface area contributed by atoms with E-state index in [9.17, 15) is 0 Å². The number of ether oxygens (including phenoxy) is 1. The molecule has 1 aromatic carbocycles. The summed E-state index contributed by atoms with van der Waals surface area (Å²) in [6.45, 7) is 7.47. The smallest absolute Gasteiger partial charge is 0.122 e. The molecule has 1 aliphatic rings. The van der Waals surface area contributed by atoms with Crippen LogP contribution in [0, 0.1) is 6.92 Å². The van der Waals surface area contributed by atoms with Gasteiger partial charge in [0.05, 0.1) is 7.11 Å². The molecule has 0 saturated carbocycles. The molecular formula is C16H26N2O. The lowest BCUT2D eigenvalue weighted by atomic mass is 9.90. The number of benzene rings is 1. The Morgan fingerprint density at radius 1 is 1.32 bits per heavy atom. The van der Waals surface area contributed by atoms with Crippen molar-refractivity contribution >= 4 is 0 Å². The van der Waals surface area contributed by atoms with E-state index in [1.807, 2.05) is 0 Å². The second kappa shape index (κ2) is 6.40. The maximum atomic E-state index is 6.04. The minimum absolute atomic E-state index is 0.401. The van der Waals surface area contributed by atoms with Crippen molar-refractivity contribution in [3.63, 3.8) is 0 Å². The minimum Gasteiger partial charge on any atom is -0.496 e. The standard InChI is InChI=1S/C16H26N2O/c1-12-6-7-16(19-3)14(10-12)13(2)15(11-17)18-8-4-5-9-18/h6-7,10,13,15H,4-5,8-9,11,17H2,1-3H3. The molecule has 1 heterocycles. The summed E-state index contributed by atoms with van der Waals surface area (Å²) in [5.74, 6) is 1.38. The monoisotopic (exact) mass is 262 g/mol. The summed E-state index contributed by atoms with van der Waals surface area (Å²) in [5, 5.41) is 0. The third-order valence-corrected chi connectivity index (χ3v) is 4.30. The molecule has 0 radical (unpaired) electrons. The van der Waals surface area contributed by atoms with Crippen LogP contribution in [-0.2, 0) is 0 Å². The number of hydrogen-bond acceptors (Lipinski definition) is 3. The highest BCUT2D eigenvalue weighted by Crippen LogP contribution is 2.32. The van der Waals surface area contributed by atoms with E-state index in [4.69, 9.17) is 10.5 Å². The molecule has 0 bridgehead atoms. The molecule has 0 spiro atoms. The Hall–Kier alpha value is -1.06. The third-order valence-electron chi connectivity index (χ3n) is 4.30. The van der Waals surface area contributed by atoms with E-state index >= 15 is 0 Å². The molecule has 3 nitrogen and oxygen atoms in total. The molecule has 1 aliphatic heterocycles. The molecular weight excluding hydrogens is 236 g/mol. The Morgan fingerprint density at radius 2 is 2.00 bits per heavy atom. The number of hydrogen-bond donors (Lipinski definition) is 1. The molecule has 2 unspecified atom stereocenters. The van der Waals surface area contributed by atoms with Gasteiger partial charge in [-0.05, 0) is 44.5 Å². The second-order valence-corrected chi connectivity index (χ2v) is 5.58. The molecule has 19 heavy (non-hydrogen) atoms. The fraction of sp³-hybridized carbons (Fsp3) is 0.625. The Morgan fingerprint density at radius 3 is 2.58 bits per heavy atom. The van der Waals surface area contributed by atoms with Crippen LogP contribution < -0.4 is 10.5 Å². The molecule has 1 fully saturated rings. The predicted molar refractivity (Wildman–Crippen MR) is 79.8 cm³/mol. The second-order valence-electron chi connectivity index (χ2n) is 5.58. The van der Waals surface area contributed by atoms with Crippen LogP contribution in [0.2, 0.25) is 0 Å². The van der Waals surface area contributed by atoms with E-state index in [2.05, 4.69) is 36.9 Å². The van der Waals surface area contributed by atoms with Gasteiger partial charge in [0, 0.05) is 18.5 Å². The number of nitrogens with zero attached hydrogens (tertiary/aromatic N) is 1. The average molecular weight is 262 g/mol. The van der Waals surface area contributed by atoms with Gasteiger partial charge in [-0.2, -0.15) is 0 Å². The van der Waals surface area contributed by atoms with Crippen molar-refractivity contribution in [2.45, 2.75) is 38.6 Å². The van der Waals surface area contributed by atoms with Crippen LogP contribution in [0.15, 0.2) is 18.2 Å². The van der Waals surface area contributed by atoms with Gasteiger partial charge < -0.3 is 10.5 Å². The van der Waals surface area contributed by atoms with Crippen LogP contribution in [0.5, 0.6) is 5.75 Å². The van der Waals surface area contributed by atoms with E-state index in [0.717, 1.165) is 5.75 Å². The molecule has 106 valence electrons. The molecule has 0 aliphatic carbocycles. The first-order valence-electron chi connectivity index (χ1n) is 7.26. The summed E-state index contributed by atoms with van der Waals surface area (Å²) in [6.07, 6.45) is 2.60. The summed E-state index contributed by atoms with van der Waals surface area (Å²) in [4.78, 5) is 2.53. The van der Waals surface area contributed by atoms with E-state index in [1.54, 1.807) is 7.11 Å². The number of likely N-dealkylation sites (tertiary alicyclic amines) is 1. The zero-order valence-electron chi connectivity index (χ0n) is 12.4. The fourth-order valence-corrected chi connectivity index (χ4v) is 3.16. The van der Waals surface area contributed by atoms with Crippen LogP contribution >= 0.6 is 0 Å². The zero-order chi connectivity index (χ0) is 13.8. The van der Waals surface area contributed by atoms with Crippen molar-refractivity contribution in [2.24, 2.45) is 5.73 Å². The van der Waals surface area contributed by atoms with Crippen LogP contribution in [0.4, 0.5) is 0 Å². The van der Waals surface area contributed by atoms with Gasteiger partial charge in [0.15, 0.2) is 0 Å². The predicted octanol–water partition coefficient (Wildman–Crippen LogP) is 2.53. The van der Waals surface area contributed by atoms with Crippen molar-refractivity contribution in [1.29, 1.82) is 0 Å². The van der Waals surface area contributed by atoms with Gasteiger partial charge in [-0.25, -0.2) is 0 Å². The molecule has 2 atom stereocenters. The van der Waals surface area contributed by atoms with Crippen LogP contribution in [0.1, 0.15) is 36.8 Å². The lowest BCUT2D eigenvalue weighted by Gasteiger charge is -2.32. The molecule has 2 rings (SSSR count). The number of methoxy groups -OCH3 is 1. The van der Waals surface area contributed by atoms with E-state index in [1.165, 1.54) is 37.1 Å². The Balaban J connectivity index is 2.25. The summed E-state index contributed by atoms with van der Waals surface area (Å²) in [5.41, 5.74) is 8.60. The minimum atomic E-state index is 0.401. The van der Waals surface area contributed by atoms with Crippen molar-refractivity contribution < 1.29 is 4.74 Å². The first kappa shape index (κ1) is 14.4. The fourth-order valence-electron chi connectivity index (χ4n) is 3.16. The summed E-state index contributed by atoms with van der Waals surface area (Å²) in [6, 6.07) is 6.82. The normalized spacial score (nSPS) is 19.4. The summed E-state index contributed by atoms with van der Waals surface area (Å²) < 4.78 is 5.52. The van der Waals surface area contributed by atoms with Crippen molar-refractivity contribution in [1.82, 2.24) is 4.90 Å². The van der Waals surface area contributed by atoms with Gasteiger partial charge >= 0.3 is 0 Å². The van der Waals surface area contributed by atoms with Crippen LogP contribution in [0.3, 0.4) is 0 Å². The highest BCUT2D eigenvalue weighted by Gasteiger charge is 2.28. The van der Waals surface area contributed by atoms with E-state index in [0.29, 0.717) is 18.5 Å². The van der Waals surface area contributed by atoms with Crippen LogP contribution in [0.25, 0.3) is 0 Å². The van der Waals surface area contributed by atoms with Gasteiger partial charge in [-0.1, -0.05) is 24.6 Å². The average Bonchev–Trinajstić information content (AvgIpc) is 2.93. The molecule has 3 heteroatoms. The van der Waals surface area contributed by atoms with E-state index < -0.39 is 0 Å². The Bertz CT molecular complexity index is 413. The summed E-state index contributed by atoms with van der Waals surface area (Å²) in [7, 11) is 1.74. The number of aryl methyl sites for hydroxylation is 1. The quantitative estimate of drug-likeness (QED) is 0.886. The maximum absolute atomic E-state index is 6.04. The zero-order valence-corrected chi connectivity index (χ0v) is 12.4. The SMILES string of the molecule is COc1ccc(C)cc1C(C)C(CN)N1CCCC1. The van der Waals surface area contributed by atoms with Gasteiger partial charge in [-0.15, -0.1) is 0 Å². The Labute approximate surface area is 116 Å². The van der Waals surface area contributed by atoms with Gasteiger partial charge in [0.2, 0.25) is 0 Å².